The second-order valence-electron chi connectivity index (χ2n) is 5.36. The maximum Gasteiger partial charge on any atom is 0.128 e. The van der Waals surface area contributed by atoms with Gasteiger partial charge in [-0.25, -0.2) is 4.98 Å². The van der Waals surface area contributed by atoms with Gasteiger partial charge in [0, 0.05) is 18.4 Å². The van der Waals surface area contributed by atoms with Crippen LogP contribution in [0.5, 0.6) is 0 Å². The van der Waals surface area contributed by atoms with Crippen molar-refractivity contribution in [2.45, 2.75) is 39.8 Å². The lowest BCUT2D eigenvalue weighted by Gasteiger charge is -2.36. The lowest BCUT2D eigenvalue weighted by Crippen LogP contribution is -2.45. The van der Waals surface area contributed by atoms with Gasteiger partial charge in [-0.3, -0.25) is 11.3 Å². The third-order valence-electron chi connectivity index (χ3n) is 2.89. The van der Waals surface area contributed by atoms with E-state index in [2.05, 4.69) is 31.2 Å². The molecule has 1 aromatic heterocycles. The molecule has 0 aliphatic rings. The van der Waals surface area contributed by atoms with Gasteiger partial charge >= 0.3 is 0 Å². The standard InChI is InChI=1S/C13H24N4O/c1-5-18-11(13(2,3)4)10(17-15)9-7-6-8-16-12(9)14/h6-8,10-11,17H,5,15H2,1-4H3,(H2,14,16). The fourth-order valence-electron chi connectivity index (χ4n) is 2.06. The Kier molecular flexibility index (Phi) is 5.07. The number of hydrogen-bond acceptors (Lipinski definition) is 5. The van der Waals surface area contributed by atoms with E-state index in [0.29, 0.717) is 12.4 Å². The van der Waals surface area contributed by atoms with E-state index < -0.39 is 0 Å². The number of anilines is 1. The fourth-order valence-corrected chi connectivity index (χ4v) is 2.06. The number of nitrogens with two attached hydrogens (primary N) is 2. The Morgan fingerprint density at radius 3 is 2.56 bits per heavy atom. The van der Waals surface area contributed by atoms with Crippen LogP contribution in [-0.2, 0) is 4.74 Å². The highest BCUT2D eigenvalue weighted by Crippen LogP contribution is 2.33. The van der Waals surface area contributed by atoms with E-state index in [-0.39, 0.29) is 17.6 Å². The van der Waals surface area contributed by atoms with E-state index in [1.54, 1.807) is 6.20 Å². The summed E-state index contributed by atoms with van der Waals surface area (Å²) in [5.74, 6) is 6.17. The third kappa shape index (κ3) is 3.41. The highest BCUT2D eigenvalue weighted by molar-refractivity contribution is 5.41. The molecule has 0 fully saturated rings. The quantitative estimate of drug-likeness (QED) is 0.547. The average molecular weight is 252 g/mol. The first-order chi connectivity index (χ1) is 8.41. The van der Waals surface area contributed by atoms with Crippen LogP contribution in [0.3, 0.4) is 0 Å². The molecule has 0 aromatic carbocycles. The van der Waals surface area contributed by atoms with Crippen molar-refractivity contribution in [3.63, 3.8) is 0 Å². The first kappa shape index (κ1) is 14.9. The predicted molar refractivity (Wildman–Crippen MR) is 73.6 cm³/mol. The molecule has 5 N–H and O–H groups in total. The SMILES string of the molecule is CCOC(C(NN)c1cccnc1N)C(C)(C)C. The number of hydrazine groups is 1. The van der Waals surface area contributed by atoms with Crippen LogP contribution >= 0.6 is 0 Å². The number of nitrogen functional groups attached to an aromatic ring is 1. The summed E-state index contributed by atoms with van der Waals surface area (Å²) in [6.45, 7) is 8.94. The van der Waals surface area contributed by atoms with Gasteiger partial charge in [0.1, 0.15) is 5.82 Å². The minimum Gasteiger partial charge on any atom is -0.383 e. The fraction of sp³-hybridized carbons (Fsp3) is 0.615. The zero-order valence-corrected chi connectivity index (χ0v) is 11.6. The van der Waals surface area contributed by atoms with Crippen molar-refractivity contribution in [1.82, 2.24) is 10.4 Å². The van der Waals surface area contributed by atoms with E-state index in [1.807, 2.05) is 19.1 Å². The van der Waals surface area contributed by atoms with Gasteiger partial charge in [-0.1, -0.05) is 26.8 Å². The largest absolute Gasteiger partial charge is 0.383 e. The van der Waals surface area contributed by atoms with Crippen LogP contribution < -0.4 is 17.0 Å². The van der Waals surface area contributed by atoms with E-state index in [9.17, 15) is 0 Å². The molecule has 0 spiro atoms. The molecule has 1 rings (SSSR count). The van der Waals surface area contributed by atoms with Crippen LogP contribution in [0, 0.1) is 5.41 Å². The molecule has 102 valence electrons. The molecule has 2 atom stereocenters. The van der Waals surface area contributed by atoms with Gasteiger partial charge in [0.25, 0.3) is 0 Å². The Morgan fingerprint density at radius 1 is 1.44 bits per heavy atom. The molecule has 0 saturated carbocycles. The van der Waals surface area contributed by atoms with Crippen LogP contribution in [0.1, 0.15) is 39.3 Å². The monoisotopic (exact) mass is 252 g/mol. The normalized spacial score (nSPS) is 15.4. The number of pyridine rings is 1. The van der Waals surface area contributed by atoms with Crippen molar-refractivity contribution < 1.29 is 4.74 Å². The molecule has 0 bridgehead atoms. The molecule has 0 radical (unpaired) electrons. The summed E-state index contributed by atoms with van der Waals surface area (Å²) in [7, 11) is 0. The second kappa shape index (κ2) is 6.13. The molecule has 0 aliphatic carbocycles. The number of ether oxygens (including phenoxy) is 1. The number of aromatic nitrogens is 1. The van der Waals surface area contributed by atoms with E-state index in [4.69, 9.17) is 16.3 Å². The van der Waals surface area contributed by atoms with Crippen molar-refractivity contribution in [2.75, 3.05) is 12.3 Å². The zero-order valence-electron chi connectivity index (χ0n) is 11.6. The Balaban J connectivity index is 3.10. The number of nitrogens with one attached hydrogen (secondary N) is 1. The van der Waals surface area contributed by atoms with Gasteiger partial charge in [-0.15, -0.1) is 0 Å². The molecule has 0 aliphatic heterocycles. The second-order valence-corrected chi connectivity index (χ2v) is 5.36. The first-order valence-electron chi connectivity index (χ1n) is 6.20. The van der Waals surface area contributed by atoms with E-state index in [1.165, 1.54) is 0 Å². The lowest BCUT2D eigenvalue weighted by atomic mass is 9.82. The van der Waals surface area contributed by atoms with Crippen LogP contribution in [0.15, 0.2) is 18.3 Å². The van der Waals surface area contributed by atoms with Crippen LogP contribution in [-0.4, -0.2) is 17.7 Å². The molecule has 5 nitrogen and oxygen atoms in total. The van der Waals surface area contributed by atoms with Crippen LogP contribution in [0.4, 0.5) is 5.82 Å². The molecular weight excluding hydrogens is 228 g/mol. The summed E-state index contributed by atoms with van der Waals surface area (Å²) in [4.78, 5) is 4.10. The summed E-state index contributed by atoms with van der Waals surface area (Å²) < 4.78 is 5.84. The maximum atomic E-state index is 5.91. The highest BCUT2D eigenvalue weighted by atomic mass is 16.5. The first-order valence-corrected chi connectivity index (χ1v) is 6.20. The van der Waals surface area contributed by atoms with E-state index >= 15 is 0 Å². The van der Waals surface area contributed by atoms with Crippen molar-refractivity contribution in [1.29, 1.82) is 0 Å². The highest BCUT2D eigenvalue weighted by Gasteiger charge is 2.34. The minimum atomic E-state index is -0.182. The summed E-state index contributed by atoms with van der Waals surface area (Å²) in [5, 5.41) is 0. The maximum absolute atomic E-state index is 5.91. The van der Waals surface area contributed by atoms with Gasteiger partial charge < -0.3 is 10.5 Å². The Bertz CT molecular complexity index is 375. The van der Waals surface area contributed by atoms with Crippen molar-refractivity contribution >= 4 is 5.82 Å². The summed E-state index contributed by atoms with van der Waals surface area (Å²) in [5.41, 5.74) is 9.53. The average Bonchev–Trinajstić information content (AvgIpc) is 2.30. The van der Waals surface area contributed by atoms with Gasteiger partial charge in [0.2, 0.25) is 0 Å². The van der Waals surface area contributed by atoms with Crippen LogP contribution in [0.25, 0.3) is 0 Å². The molecule has 0 amide bonds. The number of nitrogens with zero attached hydrogens (tertiary/aromatic N) is 1. The molecule has 5 heteroatoms. The topological polar surface area (TPSA) is 86.2 Å². The van der Waals surface area contributed by atoms with E-state index in [0.717, 1.165) is 5.56 Å². The van der Waals surface area contributed by atoms with Crippen molar-refractivity contribution in [2.24, 2.45) is 11.3 Å². The number of hydrogen-bond donors (Lipinski definition) is 3. The summed E-state index contributed by atoms with van der Waals surface area (Å²) in [6, 6.07) is 3.59. The molecular formula is C13H24N4O. The summed E-state index contributed by atoms with van der Waals surface area (Å²) in [6.07, 6.45) is 1.58. The minimum absolute atomic E-state index is 0.0602. The van der Waals surface area contributed by atoms with Crippen LogP contribution in [0.2, 0.25) is 0 Å². The zero-order chi connectivity index (χ0) is 13.8. The smallest absolute Gasteiger partial charge is 0.128 e. The molecule has 0 saturated heterocycles. The predicted octanol–water partition coefficient (Wildman–Crippen LogP) is 1.62. The molecule has 2 unspecified atom stereocenters. The van der Waals surface area contributed by atoms with Gasteiger partial charge in [-0.2, -0.15) is 0 Å². The summed E-state index contributed by atoms with van der Waals surface area (Å²) >= 11 is 0. The Labute approximate surface area is 109 Å². The Hall–Kier alpha value is -1.17. The molecule has 1 heterocycles. The van der Waals surface area contributed by atoms with Crippen molar-refractivity contribution in [3.8, 4) is 0 Å². The third-order valence-corrected chi connectivity index (χ3v) is 2.89. The van der Waals surface area contributed by atoms with Crippen molar-refractivity contribution in [3.05, 3.63) is 23.9 Å². The Morgan fingerprint density at radius 2 is 2.11 bits per heavy atom. The molecule has 18 heavy (non-hydrogen) atoms. The molecule has 1 aromatic rings. The van der Waals surface area contributed by atoms with Gasteiger partial charge in [0.05, 0.1) is 12.1 Å². The lowest BCUT2D eigenvalue weighted by molar-refractivity contribution is -0.0365. The number of rotatable bonds is 5. The van der Waals surface area contributed by atoms with Gasteiger partial charge in [-0.05, 0) is 18.4 Å². The van der Waals surface area contributed by atoms with Gasteiger partial charge in [0.15, 0.2) is 0 Å².